The van der Waals surface area contributed by atoms with E-state index in [4.69, 9.17) is 0 Å². The normalized spacial score (nSPS) is 15.4. The van der Waals surface area contributed by atoms with Crippen LogP contribution in [0, 0.1) is 0 Å². The zero-order chi connectivity index (χ0) is 15.3. The van der Waals surface area contributed by atoms with Crippen LogP contribution < -0.4 is 24.0 Å². The van der Waals surface area contributed by atoms with Crippen molar-refractivity contribution in [3.63, 3.8) is 0 Å². The number of methoxy groups -OCH3 is 1. The van der Waals surface area contributed by atoms with Crippen molar-refractivity contribution in [2.75, 3.05) is 20.2 Å². The smallest absolute Gasteiger partial charge is 0.433 e. The van der Waals surface area contributed by atoms with Gasteiger partial charge in [-0.25, -0.2) is 9.37 Å². The fourth-order valence-corrected chi connectivity index (χ4v) is 2.43. The minimum atomic E-state index is -0.524. The van der Waals surface area contributed by atoms with Gasteiger partial charge in [-0.1, -0.05) is 45.4 Å². The van der Waals surface area contributed by atoms with E-state index in [0.717, 1.165) is 12.3 Å². The van der Waals surface area contributed by atoms with Gasteiger partial charge in [0.2, 0.25) is 0 Å². The molecular formula is C17H29IN2O2. The quantitative estimate of drug-likeness (QED) is 0.317. The van der Waals surface area contributed by atoms with E-state index in [1.54, 1.807) is 0 Å². The predicted octanol–water partition coefficient (Wildman–Crippen LogP) is 0.992. The van der Waals surface area contributed by atoms with Crippen molar-refractivity contribution in [3.8, 4) is 0 Å². The lowest BCUT2D eigenvalue weighted by Crippen LogP contribution is -3.00. The van der Waals surface area contributed by atoms with Gasteiger partial charge in [0.25, 0.3) is 0 Å². The molecule has 0 atom stereocenters. The number of unbranched alkanes of at least 4 members (excludes halogenated alkanes) is 7. The molecule has 0 fully saturated rings. The van der Waals surface area contributed by atoms with Gasteiger partial charge in [0.05, 0.1) is 7.11 Å². The Hall–Kier alpha value is -0.720. The molecule has 1 rings (SSSR count). The van der Waals surface area contributed by atoms with E-state index in [-0.39, 0.29) is 24.0 Å². The molecule has 0 aromatic heterocycles. The summed E-state index contributed by atoms with van der Waals surface area (Å²) in [6.07, 6.45) is 16.0. The highest BCUT2D eigenvalue weighted by Crippen LogP contribution is 2.08. The first-order valence-electron chi connectivity index (χ1n) is 8.17. The third-order valence-corrected chi connectivity index (χ3v) is 3.66. The van der Waals surface area contributed by atoms with Crippen LogP contribution in [-0.2, 0) is 4.74 Å². The van der Waals surface area contributed by atoms with Crippen LogP contribution in [0.2, 0.25) is 0 Å². The van der Waals surface area contributed by atoms with E-state index in [1.807, 2.05) is 12.2 Å². The lowest BCUT2D eigenvalue weighted by molar-refractivity contribution is -0.508. The van der Waals surface area contributed by atoms with Gasteiger partial charge in [0.15, 0.2) is 12.8 Å². The zero-order valence-electron chi connectivity index (χ0n) is 13.9. The molecule has 1 heterocycles. The molecule has 0 aliphatic carbocycles. The van der Waals surface area contributed by atoms with Crippen LogP contribution >= 0.6 is 0 Å². The summed E-state index contributed by atoms with van der Waals surface area (Å²) >= 11 is 0. The van der Waals surface area contributed by atoms with Crippen LogP contribution in [-0.4, -0.2) is 42.8 Å². The second-order valence-corrected chi connectivity index (χ2v) is 5.53. The topological polar surface area (TPSA) is 41.7 Å². The van der Waals surface area contributed by atoms with Gasteiger partial charge in [-0.3, -0.25) is 0 Å². The van der Waals surface area contributed by atoms with Gasteiger partial charge in [0.1, 0.15) is 12.3 Å². The second kappa shape index (κ2) is 13.9. The average Bonchev–Trinajstić information content (AvgIpc) is 2.50. The molecule has 0 bridgehead atoms. The summed E-state index contributed by atoms with van der Waals surface area (Å²) < 4.78 is 6.76. The molecule has 1 aliphatic heterocycles. The number of carbonyl (C=O) groups excluding carboxylic acids is 1. The number of carbonyl (C=O) groups is 1. The lowest BCUT2D eigenvalue weighted by atomic mass is 10.1. The van der Waals surface area contributed by atoms with E-state index in [9.17, 15) is 4.79 Å². The van der Waals surface area contributed by atoms with Gasteiger partial charge < -0.3 is 28.7 Å². The fraction of sp³-hybridized carbons (Fsp3) is 0.706. The average molecular weight is 420 g/mol. The number of aliphatic imine (C=N–C) groups is 1. The highest BCUT2D eigenvalue weighted by atomic mass is 127. The Kier molecular flexibility index (Phi) is 13.5. The van der Waals surface area contributed by atoms with Gasteiger partial charge in [-0.15, -0.1) is 0 Å². The van der Waals surface area contributed by atoms with E-state index < -0.39 is 6.09 Å². The highest BCUT2D eigenvalue weighted by Gasteiger charge is 2.12. The molecular weight excluding hydrogens is 391 g/mol. The van der Waals surface area contributed by atoms with Crippen LogP contribution in [0.1, 0.15) is 58.3 Å². The molecule has 22 heavy (non-hydrogen) atoms. The number of hydrogen-bond donors (Lipinski definition) is 0. The monoisotopic (exact) mass is 420 g/mol. The van der Waals surface area contributed by atoms with Crippen molar-refractivity contribution in [3.05, 3.63) is 12.2 Å². The minimum Gasteiger partial charge on any atom is -1.00 e. The Morgan fingerprint density at radius 3 is 2.45 bits per heavy atom. The molecule has 0 saturated heterocycles. The van der Waals surface area contributed by atoms with Gasteiger partial charge in [0, 0.05) is 12.5 Å². The van der Waals surface area contributed by atoms with Gasteiger partial charge in [-0.2, -0.15) is 4.99 Å². The largest absolute Gasteiger partial charge is 1.00 e. The minimum absolute atomic E-state index is 0. The molecule has 0 aromatic rings. The molecule has 0 aromatic carbocycles. The standard InChI is InChI=1S/C17H29N2O2.HI/c1-3-4-5-6-7-8-9-10-13-19-14-11-12-16(15-19)18-17(20)21-2;/h11-12,14H,3-10,13,15H2,1-2H3;1H/q+1;/p-1. The first-order chi connectivity index (χ1) is 10.3. The van der Waals surface area contributed by atoms with Gasteiger partial charge in [-0.05, 0) is 12.5 Å². The van der Waals surface area contributed by atoms with E-state index >= 15 is 0 Å². The third kappa shape index (κ3) is 10.1. The molecule has 126 valence electrons. The van der Waals surface area contributed by atoms with Crippen molar-refractivity contribution in [2.45, 2.75) is 58.3 Å². The van der Waals surface area contributed by atoms with Crippen molar-refractivity contribution in [1.29, 1.82) is 0 Å². The first kappa shape index (κ1) is 21.3. The molecule has 4 nitrogen and oxygen atoms in total. The summed E-state index contributed by atoms with van der Waals surface area (Å²) in [7, 11) is 1.35. The molecule has 0 radical (unpaired) electrons. The summed E-state index contributed by atoms with van der Waals surface area (Å²) in [5.41, 5.74) is 0.768. The summed E-state index contributed by atoms with van der Waals surface area (Å²) in [5, 5.41) is 0. The maximum atomic E-state index is 11.1. The maximum Gasteiger partial charge on any atom is 0.433 e. The summed E-state index contributed by atoms with van der Waals surface area (Å²) in [6, 6.07) is 0. The van der Waals surface area contributed by atoms with Crippen LogP contribution in [0.15, 0.2) is 17.1 Å². The second-order valence-electron chi connectivity index (χ2n) is 5.53. The number of rotatable bonds is 9. The van der Waals surface area contributed by atoms with Crippen LogP contribution in [0.3, 0.4) is 0 Å². The van der Waals surface area contributed by atoms with E-state index in [1.165, 1.54) is 58.5 Å². The summed E-state index contributed by atoms with van der Waals surface area (Å²) in [5.74, 6) is 0. The fourth-order valence-electron chi connectivity index (χ4n) is 2.43. The van der Waals surface area contributed by atoms with E-state index in [2.05, 4.69) is 27.4 Å². The summed E-state index contributed by atoms with van der Waals surface area (Å²) in [6.45, 7) is 3.98. The molecule has 0 unspecified atom stereocenters. The Balaban J connectivity index is 0.00000441. The lowest BCUT2D eigenvalue weighted by Gasteiger charge is -2.07. The number of ether oxygens (including phenoxy) is 1. The third-order valence-electron chi connectivity index (χ3n) is 3.66. The Morgan fingerprint density at radius 2 is 1.82 bits per heavy atom. The Labute approximate surface area is 151 Å². The molecule has 0 spiro atoms. The van der Waals surface area contributed by atoms with Crippen LogP contribution in [0.5, 0.6) is 0 Å². The Morgan fingerprint density at radius 1 is 1.18 bits per heavy atom. The highest BCUT2D eigenvalue weighted by molar-refractivity contribution is 6.04. The Bertz CT molecular complexity index is 403. The first-order valence-corrected chi connectivity index (χ1v) is 8.17. The molecule has 1 aliphatic rings. The van der Waals surface area contributed by atoms with Crippen molar-refractivity contribution in [1.82, 2.24) is 0 Å². The van der Waals surface area contributed by atoms with Crippen LogP contribution in [0.25, 0.3) is 0 Å². The van der Waals surface area contributed by atoms with Crippen molar-refractivity contribution in [2.24, 2.45) is 4.99 Å². The van der Waals surface area contributed by atoms with Gasteiger partial charge >= 0.3 is 6.09 Å². The number of allylic oxidation sites excluding steroid dienone is 1. The number of amides is 1. The van der Waals surface area contributed by atoms with Crippen molar-refractivity contribution >= 4 is 18.0 Å². The number of hydrogen-bond acceptors (Lipinski definition) is 2. The zero-order valence-corrected chi connectivity index (χ0v) is 16.0. The SMILES string of the molecule is CCCCCCCCCC[N+]1=CC=CC(=NC(=O)OC)C1.[I-]. The number of nitrogens with zero attached hydrogens (tertiary/aromatic N) is 2. The van der Waals surface area contributed by atoms with E-state index in [0.29, 0.717) is 6.54 Å². The maximum absolute atomic E-state index is 11.1. The molecule has 0 saturated carbocycles. The van der Waals surface area contributed by atoms with Crippen molar-refractivity contribution < 1.29 is 38.1 Å². The number of halogens is 1. The summed E-state index contributed by atoms with van der Waals surface area (Å²) in [4.78, 5) is 15.0. The molecule has 0 N–H and O–H groups in total. The predicted molar refractivity (Wildman–Crippen MR) is 87.6 cm³/mol. The molecule has 5 heteroatoms. The van der Waals surface area contributed by atoms with Crippen LogP contribution in [0.4, 0.5) is 4.79 Å². The molecule has 1 amide bonds.